The molecule has 1 aromatic carbocycles. The van der Waals surface area contributed by atoms with Crippen LogP contribution in [0.5, 0.6) is 11.6 Å². The largest absolute Gasteiger partial charge is 0.497 e. The van der Waals surface area contributed by atoms with E-state index >= 15 is 0 Å². The summed E-state index contributed by atoms with van der Waals surface area (Å²) >= 11 is 0. The van der Waals surface area contributed by atoms with Gasteiger partial charge in [-0.3, -0.25) is 0 Å². The van der Waals surface area contributed by atoms with Gasteiger partial charge in [0.15, 0.2) is 5.82 Å². The lowest BCUT2D eigenvalue weighted by atomic mass is 10.1. The average molecular weight is 274 g/mol. The zero-order valence-electron chi connectivity index (χ0n) is 11.6. The van der Waals surface area contributed by atoms with Gasteiger partial charge in [0.1, 0.15) is 17.8 Å². The number of rotatable bonds is 6. The Hall–Kier alpha value is -2.50. The number of aromatic nitrogens is 2. The predicted octanol–water partition coefficient (Wildman–Crippen LogP) is 1.73. The number of nitrogens with zero attached hydrogens (tertiary/aromatic N) is 2. The molecule has 2 rings (SSSR count). The van der Waals surface area contributed by atoms with Gasteiger partial charge in [-0.15, -0.1) is 0 Å². The Morgan fingerprint density at radius 3 is 2.80 bits per heavy atom. The molecule has 3 N–H and O–H groups in total. The standard InChI is InChI=1S/C14H18N4O2/c1-19-11-5-3-4-10(8-11)6-7-16-13-12(15)14(20-2)18-9-17-13/h3-5,8-9H,6-7,15H2,1-2H3,(H,16,17,18). The first kappa shape index (κ1) is 13.9. The van der Waals surface area contributed by atoms with Crippen LogP contribution >= 0.6 is 0 Å². The molecule has 6 nitrogen and oxygen atoms in total. The van der Waals surface area contributed by atoms with Crippen molar-refractivity contribution >= 4 is 11.5 Å². The maximum atomic E-state index is 5.89. The average Bonchev–Trinajstić information content (AvgIpc) is 2.49. The maximum Gasteiger partial charge on any atom is 0.242 e. The number of anilines is 2. The first-order valence-electron chi connectivity index (χ1n) is 6.26. The first-order chi connectivity index (χ1) is 9.74. The minimum Gasteiger partial charge on any atom is -0.497 e. The van der Waals surface area contributed by atoms with E-state index in [0.717, 1.165) is 12.2 Å². The Labute approximate surface area is 118 Å². The Morgan fingerprint density at radius 2 is 2.05 bits per heavy atom. The zero-order chi connectivity index (χ0) is 14.4. The summed E-state index contributed by atoms with van der Waals surface area (Å²) < 4.78 is 10.2. The molecule has 106 valence electrons. The number of hydrogen-bond acceptors (Lipinski definition) is 6. The summed E-state index contributed by atoms with van der Waals surface area (Å²) in [7, 11) is 3.18. The maximum absolute atomic E-state index is 5.89. The fraction of sp³-hybridized carbons (Fsp3) is 0.286. The van der Waals surface area contributed by atoms with Gasteiger partial charge in [-0.2, -0.15) is 4.98 Å². The minimum atomic E-state index is 0.379. The third-order valence-corrected chi connectivity index (χ3v) is 2.88. The molecule has 0 radical (unpaired) electrons. The number of methoxy groups -OCH3 is 2. The van der Waals surface area contributed by atoms with Crippen molar-refractivity contribution in [2.75, 3.05) is 31.8 Å². The number of ether oxygens (including phenoxy) is 2. The number of nitrogens with one attached hydrogen (secondary N) is 1. The molecule has 0 aliphatic carbocycles. The second kappa shape index (κ2) is 6.60. The number of nitrogen functional groups attached to an aromatic ring is 1. The van der Waals surface area contributed by atoms with Gasteiger partial charge in [-0.25, -0.2) is 4.98 Å². The lowest BCUT2D eigenvalue weighted by molar-refractivity contribution is 0.399. The van der Waals surface area contributed by atoms with Crippen molar-refractivity contribution in [3.8, 4) is 11.6 Å². The van der Waals surface area contributed by atoms with Crippen LogP contribution in [0.1, 0.15) is 5.56 Å². The van der Waals surface area contributed by atoms with E-state index in [-0.39, 0.29) is 0 Å². The highest BCUT2D eigenvalue weighted by molar-refractivity contribution is 5.66. The van der Waals surface area contributed by atoms with E-state index in [9.17, 15) is 0 Å². The van der Waals surface area contributed by atoms with Crippen molar-refractivity contribution in [2.45, 2.75) is 6.42 Å². The quantitative estimate of drug-likeness (QED) is 0.834. The molecular weight excluding hydrogens is 256 g/mol. The van der Waals surface area contributed by atoms with Crippen molar-refractivity contribution in [1.82, 2.24) is 9.97 Å². The molecule has 20 heavy (non-hydrogen) atoms. The lowest BCUT2D eigenvalue weighted by Gasteiger charge is -2.10. The summed E-state index contributed by atoms with van der Waals surface area (Å²) in [6.45, 7) is 0.706. The number of benzene rings is 1. The molecule has 0 spiro atoms. The summed E-state index contributed by atoms with van der Waals surface area (Å²) in [6, 6.07) is 7.94. The molecule has 0 aliphatic rings. The zero-order valence-corrected chi connectivity index (χ0v) is 11.6. The fourth-order valence-electron chi connectivity index (χ4n) is 1.84. The van der Waals surface area contributed by atoms with Gasteiger partial charge >= 0.3 is 0 Å². The second-order valence-electron chi connectivity index (χ2n) is 4.17. The van der Waals surface area contributed by atoms with Crippen LogP contribution in [0, 0.1) is 0 Å². The molecular formula is C14H18N4O2. The van der Waals surface area contributed by atoms with E-state index < -0.39 is 0 Å². The van der Waals surface area contributed by atoms with Gasteiger partial charge in [0.25, 0.3) is 0 Å². The Balaban J connectivity index is 1.96. The van der Waals surface area contributed by atoms with Gasteiger partial charge in [0.05, 0.1) is 14.2 Å². The molecule has 0 aliphatic heterocycles. The van der Waals surface area contributed by atoms with Crippen LogP contribution < -0.4 is 20.5 Å². The van der Waals surface area contributed by atoms with Crippen molar-refractivity contribution in [2.24, 2.45) is 0 Å². The van der Waals surface area contributed by atoms with Crippen molar-refractivity contribution in [1.29, 1.82) is 0 Å². The predicted molar refractivity (Wildman–Crippen MR) is 78.2 cm³/mol. The van der Waals surface area contributed by atoms with Crippen LogP contribution in [0.15, 0.2) is 30.6 Å². The SMILES string of the molecule is COc1cccc(CCNc2ncnc(OC)c2N)c1. The molecule has 6 heteroatoms. The van der Waals surface area contributed by atoms with Crippen LogP contribution in [0.2, 0.25) is 0 Å². The van der Waals surface area contributed by atoms with E-state index in [4.69, 9.17) is 15.2 Å². The third-order valence-electron chi connectivity index (χ3n) is 2.88. The van der Waals surface area contributed by atoms with Crippen LogP contribution in [0.25, 0.3) is 0 Å². The monoisotopic (exact) mass is 274 g/mol. The molecule has 1 aromatic heterocycles. The van der Waals surface area contributed by atoms with Gasteiger partial charge in [0.2, 0.25) is 5.88 Å². The van der Waals surface area contributed by atoms with Crippen molar-refractivity contribution < 1.29 is 9.47 Å². The number of hydrogen-bond donors (Lipinski definition) is 2. The summed E-state index contributed by atoms with van der Waals surface area (Å²) in [4.78, 5) is 8.03. The van der Waals surface area contributed by atoms with E-state index in [1.54, 1.807) is 7.11 Å². The molecule has 0 bridgehead atoms. The Morgan fingerprint density at radius 1 is 1.20 bits per heavy atom. The van der Waals surface area contributed by atoms with Gasteiger partial charge in [-0.05, 0) is 24.1 Å². The fourth-order valence-corrected chi connectivity index (χ4v) is 1.84. The third kappa shape index (κ3) is 3.28. The van der Waals surface area contributed by atoms with Crippen LogP contribution in [-0.2, 0) is 6.42 Å². The first-order valence-corrected chi connectivity index (χ1v) is 6.26. The van der Waals surface area contributed by atoms with Gasteiger partial charge in [0, 0.05) is 6.54 Å². The lowest BCUT2D eigenvalue weighted by Crippen LogP contribution is -2.10. The van der Waals surface area contributed by atoms with Crippen LogP contribution in [0.4, 0.5) is 11.5 Å². The second-order valence-corrected chi connectivity index (χ2v) is 4.17. The molecule has 2 aromatic rings. The topological polar surface area (TPSA) is 82.3 Å². The van der Waals surface area contributed by atoms with E-state index in [1.165, 1.54) is 19.0 Å². The van der Waals surface area contributed by atoms with E-state index in [2.05, 4.69) is 15.3 Å². The van der Waals surface area contributed by atoms with Gasteiger partial charge in [-0.1, -0.05) is 12.1 Å². The molecule has 1 heterocycles. The van der Waals surface area contributed by atoms with Crippen LogP contribution in [-0.4, -0.2) is 30.7 Å². The van der Waals surface area contributed by atoms with E-state index in [1.807, 2.05) is 24.3 Å². The molecule has 0 saturated heterocycles. The molecule has 0 unspecified atom stereocenters. The normalized spacial score (nSPS) is 10.1. The highest BCUT2D eigenvalue weighted by Crippen LogP contribution is 2.23. The number of nitrogens with two attached hydrogens (primary N) is 1. The smallest absolute Gasteiger partial charge is 0.242 e. The minimum absolute atomic E-state index is 0.379. The van der Waals surface area contributed by atoms with E-state index in [0.29, 0.717) is 23.9 Å². The summed E-state index contributed by atoms with van der Waals surface area (Å²) in [6.07, 6.45) is 2.26. The van der Waals surface area contributed by atoms with Crippen molar-refractivity contribution in [3.63, 3.8) is 0 Å². The molecule has 0 amide bonds. The summed E-state index contributed by atoms with van der Waals surface area (Å²) in [5.74, 6) is 1.81. The molecule has 0 fully saturated rings. The molecule has 0 atom stereocenters. The summed E-state index contributed by atoms with van der Waals surface area (Å²) in [5, 5.41) is 3.18. The van der Waals surface area contributed by atoms with Crippen molar-refractivity contribution in [3.05, 3.63) is 36.2 Å². The highest BCUT2D eigenvalue weighted by atomic mass is 16.5. The van der Waals surface area contributed by atoms with Gasteiger partial charge < -0.3 is 20.5 Å². The Bertz CT molecular complexity index is 575. The van der Waals surface area contributed by atoms with Crippen LogP contribution in [0.3, 0.4) is 0 Å². The Kier molecular flexibility index (Phi) is 4.60. The highest BCUT2D eigenvalue weighted by Gasteiger charge is 2.07. The summed E-state index contributed by atoms with van der Waals surface area (Å²) in [5.41, 5.74) is 7.48. The molecule has 0 saturated carbocycles.